The summed E-state index contributed by atoms with van der Waals surface area (Å²) in [5.41, 5.74) is 10.0. The van der Waals surface area contributed by atoms with Crippen molar-refractivity contribution < 1.29 is 4.74 Å². The van der Waals surface area contributed by atoms with Gasteiger partial charge < -0.3 is 4.74 Å². The largest absolute Gasteiger partial charge is 0.488 e. The first-order valence-electron chi connectivity index (χ1n) is 6.62. The van der Waals surface area contributed by atoms with Crippen molar-refractivity contribution in [2.24, 2.45) is 0 Å². The van der Waals surface area contributed by atoms with E-state index < -0.39 is 0 Å². The van der Waals surface area contributed by atoms with Crippen molar-refractivity contribution in [1.82, 2.24) is 0 Å². The van der Waals surface area contributed by atoms with Crippen LogP contribution in [0.4, 0.5) is 0 Å². The molecule has 4 rings (SSSR count). The van der Waals surface area contributed by atoms with E-state index in [1.165, 1.54) is 39.8 Å². The lowest BCUT2D eigenvalue weighted by atomic mass is 9.78. The molecule has 0 bridgehead atoms. The Morgan fingerprint density at radius 2 is 1.78 bits per heavy atom. The van der Waals surface area contributed by atoms with Crippen LogP contribution in [-0.2, 0) is 19.4 Å². The molecule has 1 aliphatic carbocycles. The second kappa shape index (κ2) is 3.38. The van der Waals surface area contributed by atoms with Gasteiger partial charge in [-0.1, -0.05) is 18.2 Å². The molecule has 1 heterocycles. The molecular weight excluding hydrogens is 220 g/mol. The van der Waals surface area contributed by atoms with Crippen molar-refractivity contribution in [3.8, 4) is 16.9 Å². The van der Waals surface area contributed by atoms with E-state index in [0.717, 1.165) is 18.8 Å². The monoisotopic (exact) mass is 236 g/mol. The summed E-state index contributed by atoms with van der Waals surface area (Å²) in [7, 11) is 0. The number of benzene rings is 2. The average molecular weight is 236 g/mol. The first-order chi connectivity index (χ1) is 8.75. The molecule has 2 aliphatic rings. The number of ether oxygens (including phenoxy) is 1. The van der Waals surface area contributed by atoms with Crippen molar-refractivity contribution in [3.05, 3.63) is 52.1 Å². The van der Waals surface area contributed by atoms with E-state index >= 15 is 0 Å². The summed E-state index contributed by atoms with van der Waals surface area (Å²) in [5.74, 6) is 1.07. The molecule has 0 saturated heterocycles. The van der Waals surface area contributed by atoms with Gasteiger partial charge in [0.2, 0.25) is 0 Å². The number of aryl methyl sites for hydroxylation is 3. The van der Waals surface area contributed by atoms with E-state index in [2.05, 4.69) is 38.1 Å². The van der Waals surface area contributed by atoms with Crippen LogP contribution in [0.1, 0.15) is 27.8 Å². The van der Waals surface area contributed by atoms with Crippen molar-refractivity contribution >= 4 is 0 Å². The fourth-order valence-corrected chi connectivity index (χ4v) is 3.48. The molecule has 0 saturated carbocycles. The summed E-state index contributed by atoms with van der Waals surface area (Å²) < 4.78 is 5.94. The Morgan fingerprint density at radius 3 is 2.67 bits per heavy atom. The Labute approximate surface area is 107 Å². The Kier molecular flexibility index (Phi) is 1.91. The predicted molar refractivity (Wildman–Crippen MR) is 73.1 cm³/mol. The zero-order valence-electron chi connectivity index (χ0n) is 10.8. The lowest BCUT2D eigenvalue weighted by molar-refractivity contribution is 0.300. The summed E-state index contributed by atoms with van der Waals surface area (Å²) in [6.45, 7) is 5.17. The van der Waals surface area contributed by atoms with Crippen LogP contribution in [0, 0.1) is 13.8 Å². The molecule has 1 aliphatic heterocycles. The number of hydrogen-bond donors (Lipinski definition) is 0. The smallest absolute Gasteiger partial charge is 0.127 e. The van der Waals surface area contributed by atoms with Gasteiger partial charge in [-0.05, 0) is 60.6 Å². The van der Waals surface area contributed by atoms with Gasteiger partial charge in [0.25, 0.3) is 0 Å². The lowest BCUT2D eigenvalue weighted by Crippen LogP contribution is -2.16. The normalized spacial score (nSPS) is 15.0. The van der Waals surface area contributed by atoms with Crippen LogP contribution in [0.3, 0.4) is 0 Å². The minimum absolute atomic E-state index is 0.727. The average Bonchev–Trinajstić information content (AvgIpc) is 2.38. The molecule has 0 atom stereocenters. The quantitative estimate of drug-likeness (QED) is 0.672. The SMILES string of the molecule is Cc1cc(C)c2c3c1CCc1cccc(c1-3)OC2. The molecule has 1 heteroatoms. The highest BCUT2D eigenvalue weighted by atomic mass is 16.5. The molecule has 18 heavy (non-hydrogen) atoms. The topological polar surface area (TPSA) is 9.23 Å². The van der Waals surface area contributed by atoms with Crippen LogP contribution in [0.5, 0.6) is 5.75 Å². The summed E-state index contributed by atoms with van der Waals surface area (Å²) in [5, 5.41) is 0. The van der Waals surface area contributed by atoms with Crippen LogP contribution < -0.4 is 4.74 Å². The molecule has 0 fully saturated rings. The predicted octanol–water partition coefficient (Wildman–Crippen LogP) is 3.96. The summed E-state index contributed by atoms with van der Waals surface area (Å²) in [4.78, 5) is 0. The second-order valence-corrected chi connectivity index (χ2v) is 5.42. The van der Waals surface area contributed by atoms with Crippen LogP contribution in [0.15, 0.2) is 24.3 Å². The Balaban J connectivity index is 2.17. The first-order valence-corrected chi connectivity index (χ1v) is 6.62. The molecule has 0 unspecified atom stereocenters. The molecule has 0 aromatic heterocycles. The minimum Gasteiger partial charge on any atom is -0.488 e. The van der Waals surface area contributed by atoms with Crippen LogP contribution in [0.2, 0.25) is 0 Å². The Bertz CT molecular complexity index is 617. The molecule has 2 aromatic rings. The lowest BCUT2D eigenvalue weighted by Gasteiger charge is -2.31. The van der Waals surface area contributed by atoms with E-state index in [-0.39, 0.29) is 0 Å². The van der Waals surface area contributed by atoms with Crippen molar-refractivity contribution in [3.63, 3.8) is 0 Å². The van der Waals surface area contributed by atoms with Crippen molar-refractivity contribution in [2.45, 2.75) is 33.3 Å². The van der Waals surface area contributed by atoms with E-state index in [1.54, 1.807) is 5.56 Å². The van der Waals surface area contributed by atoms with Gasteiger partial charge in [0.1, 0.15) is 12.4 Å². The van der Waals surface area contributed by atoms with Crippen LogP contribution in [0.25, 0.3) is 11.1 Å². The Hall–Kier alpha value is -1.76. The molecule has 0 N–H and O–H groups in total. The van der Waals surface area contributed by atoms with Gasteiger partial charge in [0.05, 0.1) is 0 Å². The second-order valence-electron chi connectivity index (χ2n) is 5.42. The maximum atomic E-state index is 5.94. The van der Waals surface area contributed by atoms with Gasteiger partial charge in [0.15, 0.2) is 0 Å². The standard InChI is InChI=1S/C17H16O/c1-10-8-11(2)14-9-18-15-5-3-4-12-6-7-13(10)17(14)16(12)15/h3-5,8H,6-7,9H2,1-2H3. The maximum Gasteiger partial charge on any atom is 0.127 e. The highest BCUT2D eigenvalue weighted by molar-refractivity contribution is 5.84. The molecule has 2 aromatic carbocycles. The summed E-state index contributed by atoms with van der Waals surface area (Å²) in [6, 6.07) is 8.79. The fourth-order valence-electron chi connectivity index (χ4n) is 3.48. The van der Waals surface area contributed by atoms with E-state index in [1.807, 2.05) is 0 Å². The highest BCUT2D eigenvalue weighted by Crippen LogP contribution is 2.46. The first kappa shape index (κ1) is 10.2. The number of hydrogen-bond acceptors (Lipinski definition) is 1. The van der Waals surface area contributed by atoms with Gasteiger partial charge in [-0.3, -0.25) is 0 Å². The third kappa shape index (κ3) is 1.17. The van der Waals surface area contributed by atoms with Crippen molar-refractivity contribution in [1.29, 1.82) is 0 Å². The third-order valence-corrected chi connectivity index (χ3v) is 4.37. The molecule has 0 spiro atoms. The van der Waals surface area contributed by atoms with Crippen LogP contribution in [-0.4, -0.2) is 0 Å². The fraction of sp³-hybridized carbons (Fsp3) is 0.294. The van der Waals surface area contributed by atoms with E-state index in [4.69, 9.17) is 4.74 Å². The van der Waals surface area contributed by atoms with E-state index in [9.17, 15) is 0 Å². The molecule has 90 valence electrons. The zero-order valence-corrected chi connectivity index (χ0v) is 10.8. The molecule has 0 amide bonds. The van der Waals surface area contributed by atoms with Gasteiger partial charge >= 0.3 is 0 Å². The van der Waals surface area contributed by atoms with Crippen molar-refractivity contribution in [2.75, 3.05) is 0 Å². The maximum absolute atomic E-state index is 5.94. The molecular formula is C17H16O. The third-order valence-electron chi connectivity index (χ3n) is 4.37. The molecule has 0 radical (unpaired) electrons. The zero-order chi connectivity index (χ0) is 12.3. The Morgan fingerprint density at radius 1 is 0.944 bits per heavy atom. The summed E-state index contributed by atoms with van der Waals surface area (Å²) in [6.07, 6.45) is 2.31. The number of rotatable bonds is 0. The van der Waals surface area contributed by atoms with Gasteiger partial charge in [-0.15, -0.1) is 0 Å². The van der Waals surface area contributed by atoms with Gasteiger partial charge in [-0.25, -0.2) is 0 Å². The molecule has 1 nitrogen and oxygen atoms in total. The highest BCUT2D eigenvalue weighted by Gasteiger charge is 2.28. The van der Waals surface area contributed by atoms with Crippen LogP contribution >= 0.6 is 0 Å². The summed E-state index contributed by atoms with van der Waals surface area (Å²) >= 11 is 0. The minimum atomic E-state index is 0.727. The van der Waals surface area contributed by atoms with Gasteiger partial charge in [-0.2, -0.15) is 0 Å². The van der Waals surface area contributed by atoms with Gasteiger partial charge in [0, 0.05) is 11.1 Å². The van der Waals surface area contributed by atoms with E-state index in [0.29, 0.717) is 0 Å².